The zero-order chi connectivity index (χ0) is 32.7. The predicted molar refractivity (Wildman–Crippen MR) is 172 cm³/mol. The summed E-state index contributed by atoms with van der Waals surface area (Å²) in [5.41, 5.74) is 9.48. The lowest BCUT2D eigenvalue weighted by molar-refractivity contribution is -0.138. The highest BCUT2D eigenvalue weighted by Crippen LogP contribution is 2.37. The monoisotopic (exact) mass is 610 g/mol. The van der Waals surface area contributed by atoms with Crippen LogP contribution in [0.25, 0.3) is 18.2 Å². The maximum absolute atomic E-state index is 13.2. The molecule has 2 amide bonds. The number of rotatable bonds is 10. The van der Waals surface area contributed by atoms with E-state index in [4.69, 9.17) is 0 Å². The molecule has 10 heteroatoms. The molecule has 0 spiro atoms. The van der Waals surface area contributed by atoms with Crippen molar-refractivity contribution in [2.75, 3.05) is 6.54 Å². The molecule has 0 saturated carbocycles. The zero-order valence-electron chi connectivity index (χ0n) is 26.3. The predicted octanol–water partition coefficient (Wildman–Crippen LogP) is 3.48. The topological polar surface area (TPSA) is 145 Å². The van der Waals surface area contributed by atoms with Gasteiger partial charge in [-0.2, -0.15) is 0 Å². The summed E-state index contributed by atoms with van der Waals surface area (Å²) >= 11 is 0. The number of hydrogen-bond acceptors (Lipinski definition) is 4. The molecule has 0 aliphatic carbocycles. The third kappa shape index (κ3) is 5.56. The molecule has 234 valence electrons. The number of carbonyl (C=O) groups excluding carboxylic acids is 2. The van der Waals surface area contributed by atoms with Crippen molar-refractivity contribution in [2.24, 2.45) is 4.99 Å². The summed E-state index contributed by atoms with van der Waals surface area (Å²) in [6, 6.07) is 0. The molecular weight excluding hydrogens is 572 g/mol. The summed E-state index contributed by atoms with van der Waals surface area (Å²) in [7, 11) is 0. The average molecular weight is 611 g/mol. The number of aromatic nitrogens is 2. The molecule has 3 N–H and O–H groups in total. The van der Waals surface area contributed by atoms with Gasteiger partial charge in [-0.15, -0.1) is 0 Å². The molecule has 0 bridgehead atoms. The lowest BCUT2D eigenvalue weighted by Gasteiger charge is -2.18. The van der Waals surface area contributed by atoms with E-state index in [1.54, 1.807) is 19.1 Å². The number of aliphatic imine (C=N–C) groups is 1. The zero-order valence-corrected chi connectivity index (χ0v) is 26.3. The van der Waals surface area contributed by atoms with Crippen LogP contribution in [0.2, 0.25) is 0 Å². The first-order valence-corrected chi connectivity index (χ1v) is 15.1. The number of nitrogens with zero attached hydrogens (tertiary/aromatic N) is 3. The second-order valence-electron chi connectivity index (χ2n) is 11.6. The molecule has 2 aromatic heterocycles. The van der Waals surface area contributed by atoms with Crippen LogP contribution in [0.4, 0.5) is 0 Å². The van der Waals surface area contributed by atoms with Gasteiger partial charge in [0.2, 0.25) is 0 Å². The van der Waals surface area contributed by atoms with Gasteiger partial charge in [0.05, 0.1) is 5.71 Å². The fourth-order valence-electron chi connectivity index (χ4n) is 6.63. The van der Waals surface area contributed by atoms with Gasteiger partial charge in [0.1, 0.15) is 0 Å². The Hall–Kier alpha value is -4.99. The normalized spacial score (nSPS) is 17.2. The van der Waals surface area contributed by atoms with E-state index in [1.165, 1.54) is 0 Å². The Morgan fingerprint density at radius 2 is 1.62 bits per heavy atom. The molecular formula is C35H38N4O6. The summed E-state index contributed by atoms with van der Waals surface area (Å²) in [6.07, 6.45) is 8.46. The first-order valence-electron chi connectivity index (χ1n) is 15.1. The number of carbonyl (C=O) groups is 4. The number of hydrogen-bond donors (Lipinski definition) is 3. The SMILES string of the molecule is C=CC1=C(C)C(=O)N=C1/C=c1/[nH]/c(=C\c2c(CCC(=O)O)c(C)c3n2CCN2C(=O)C(CC)=C(C)C2=C3)c(CCC(=O)O)c1C. The number of allylic oxidation sites excluding steroid dienone is 3. The standard InChI is InChI=1S/C35H38N4O6/c1-7-22-21(6)34(44)37-27(22)15-26-18(3)24(9-11-32(40)41)28(36-26)16-31-25(10-12-33(42)43)20(5)29-17-30-19(4)23(8-2)35(45)39(30)14-13-38(29)31/h7,15-17,36H,1,8-14H2,2-6H3,(H,40,41)(H,42,43)/b26-15+,28-16-. The Morgan fingerprint density at radius 1 is 0.956 bits per heavy atom. The maximum atomic E-state index is 13.2. The van der Waals surface area contributed by atoms with E-state index in [9.17, 15) is 29.4 Å². The van der Waals surface area contributed by atoms with Crippen LogP contribution in [0, 0.1) is 13.8 Å². The Balaban J connectivity index is 1.75. The van der Waals surface area contributed by atoms with E-state index in [0.717, 1.165) is 50.5 Å². The minimum Gasteiger partial charge on any atom is -0.481 e. The highest BCUT2D eigenvalue weighted by atomic mass is 16.4. The summed E-state index contributed by atoms with van der Waals surface area (Å²) in [6.45, 7) is 14.3. The number of fused-ring (bicyclic) bond motifs is 2. The molecule has 3 aliphatic heterocycles. The second kappa shape index (κ2) is 12.2. The number of carboxylic acid groups (broad SMARTS) is 2. The van der Waals surface area contributed by atoms with Gasteiger partial charge < -0.3 is 24.7 Å². The van der Waals surface area contributed by atoms with Crippen LogP contribution < -0.4 is 10.7 Å². The molecule has 0 unspecified atom stereocenters. The van der Waals surface area contributed by atoms with E-state index in [0.29, 0.717) is 53.5 Å². The van der Waals surface area contributed by atoms with Crippen LogP contribution in [0.3, 0.4) is 0 Å². The van der Waals surface area contributed by atoms with Gasteiger partial charge >= 0.3 is 11.9 Å². The van der Waals surface area contributed by atoms with E-state index < -0.39 is 11.9 Å². The molecule has 0 aromatic carbocycles. The molecule has 0 saturated heterocycles. The van der Waals surface area contributed by atoms with Crippen LogP contribution in [0.15, 0.2) is 45.6 Å². The summed E-state index contributed by atoms with van der Waals surface area (Å²) in [5, 5.41) is 20.5. The Bertz CT molecular complexity index is 1940. The second-order valence-corrected chi connectivity index (χ2v) is 11.6. The highest BCUT2D eigenvalue weighted by Gasteiger charge is 2.34. The fourth-order valence-corrected chi connectivity index (χ4v) is 6.63. The van der Waals surface area contributed by atoms with Crippen LogP contribution in [-0.4, -0.2) is 60.7 Å². The summed E-state index contributed by atoms with van der Waals surface area (Å²) in [5.74, 6) is -2.13. The third-order valence-electron chi connectivity index (χ3n) is 9.15. The number of aromatic amines is 1. The Labute approximate surface area is 261 Å². The van der Waals surface area contributed by atoms with Gasteiger partial charge in [-0.05, 0) is 93.0 Å². The van der Waals surface area contributed by atoms with Gasteiger partial charge in [-0.1, -0.05) is 19.6 Å². The van der Waals surface area contributed by atoms with Crippen molar-refractivity contribution in [3.05, 3.63) is 85.0 Å². The van der Waals surface area contributed by atoms with Crippen molar-refractivity contribution < 1.29 is 29.4 Å². The number of H-pyrrole nitrogens is 1. The summed E-state index contributed by atoms with van der Waals surface area (Å²) in [4.78, 5) is 58.2. The minimum absolute atomic E-state index is 0.0221. The van der Waals surface area contributed by atoms with E-state index in [2.05, 4.69) is 21.1 Å². The van der Waals surface area contributed by atoms with Crippen molar-refractivity contribution in [3.63, 3.8) is 0 Å². The maximum Gasteiger partial charge on any atom is 0.303 e. The number of nitrogens with one attached hydrogen (secondary N) is 1. The summed E-state index contributed by atoms with van der Waals surface area (Å²) < 4.78 is 2.13. The molecule has 2 aromatic rings. The van der Waals surface area contributed by atoms with E-state index >= 15 is 0 Å². The number of amides is 2. The fraction of sp³-hybridized carbons (Fsp3) is 0.343. The van der Waals surface area contributed by atoms with Crippen LogP contribution in [0.5, 0.6) is 0 Å². The smallest absolute Gasteiger partial charge is 0.303 e. The lowest BCUT2D eigenvalue weighted by atomic mass is 10.0. The Kier molecular flexibility index (Phi) is 8.51. The average Bonchev–Trinajstić information content (AvgIpc) is 3.53. The molecule has 10 nitrogen and oxygen atoms in total. The van der Waals surface area contributed by atoms with Crippen molar-refractivity contribution in [1.82, 2.24) is 14.5 Å². The van der Waals surface area contributed by atoms with Gasteiger partial charge in [0, 0.05) is 70.4 Å². The molecule has 0 radical (unpaired) electrons. The number of aliphatic carboxylic acids is 2. The van der Waals surface area contributed by atoms with Crippen LogP contribution in [-0.2, 0) is 38.6 Å². The van der Waals surface area contributed by atoms with Gasteiger partial charge in [-0.25, -0.2) is 4.99 Å². The van der Waals surface area contributed by atoms with Gasteiger partial charge in [0.15, 0.2) is 0 Å². The first-order chi connectivity index (χ1) is 21.4. The van der Waals surface area contributed by atoms with E-state index in [-0.39, 0.29) is 31.1 Å². The molecule has 5 heterocycles. The van der Waals surface area contributed by atoms with Gasteiger partial charge in [-0.3, -0.25) is 19.2 Å². The molecule has 3 aliphatic rings. The molecule has 5 rings (SSSR count). The van der Waals surface area contributed by atoms with Gasteiger partial charge in [0.25, 0.3) is 11.8 Å². The van der Waals surface area contributed by atoms with Crippen molar-refractivity contribution >= 4 is 47.7 Å². The quantitative estimate of drug-likeness (QED) is 0.376. The third-order valence-corrected chi connectivity index (χ3v) is 9.15. The lowest BCUT2D eigenvalue weighted by Crippen LogP contribution is -2.28. The first kappa shape index (κ1) is 31.4. The molecule has 45 heavy (non-hydrogen) atoms. The van der Waals surface area contributed by atoms with E-state index in [1.807, 2.05) is 44.7 Å². The number of carboxylic acids is 2. The van der Waals surface area contributed by atoms with Crippen molar-refractivity contribution in [1.29, 1.82) is 0 Å². The molecule has 0 fully saturated rings. The van der Waals surface area contributed by atoms with Crippen molar-refractivity contribution in [2.45, 2.75) is 73.3 Å². The van der Waals surface area contributed by atoms with Crippen LogP contribution >= 0.6 is 0 Å². The van der Waals surface area contributed by atoms with Crippen LogP contribution in [0.1, 0.15) is 73.7 Å². The Morgan fingerprint density at radius 3 is 2.24 bits per heavy atom. The minimum atomic E-state index is -0.924. The van der Waals surface area contributed by atoms with Crippen molar-refractivity contribution in [3.8, 4) is 0 Å². The highest BCUT2D eigenvalue weighted by molar-refractivity contribution is 6.32. The largest absolute Gasteiger partial charge is 0.481 e. The molecule has 0 atom stereocenters.